The van der Waals surface area contributed by atoms with Crippen LogP contribution in [0.3, 0.4) is 0 Å². The summed E-state index contributed by atoms with van der Waals surface area (Å²) in [5, 5.41) is 7.99. The molecule has 7 heteroatoms. The topological polar surface area (TPSA) is 104 Å². The molecule has 31 heavy (non-hydrogen) atoms. The van der Waals surface area contributed by atoms with Crippen LogP contribution in [0.15, 0.2) is 0 Å². The Balaban J connectivity index is -0.000000359. The lowest BCUT2D eigenvalue weighted by Crippen LogP contribution is -2.44. The summed E-state index contributed by atoms with van der Waals surface area (Å²) in [6.07, 6.45) is 3.36. The number of aliphatic carboxylic acids is 1. The minimum Gasteiger partial charge on any atom is -0.481 e. The summed E-state index contributed by atoms with van der Waals surface area (Å²) in [7, 11) is 4.38. The van der Waals surface area contributed by atoms with Gasteiger partial charge in [0.1, 0.15) is 5.78 Å². The van der Waals surface area contributed by atoms with Crippen molar-refractivity contribution in [3.05, 3.63) is 0 Å². The van der Waals surface area contributed by atoms with Crippen molar-refractivity contribution < 1.29 is 19.5 Å². The zero-order valence-electron chi connectivity index (χ0n) is 22.1. The summed E-state index contributed by atoms with van der Waals surface area (Å²) in [5.74, 6) is -0.648. The minimum atomic E-state index is -0.741. The van der Waals surface area contributed by atoms with E-state index in [0.29, 0.717) is 12.2 Å². The standard InChI is InChI=1S/C10H22N2.C6H12O.C4H9NO.C4H8O2/c1-9(2)12-7-5-10(6-8-12)11(3)4;1-4-6(7)5(2)3;2*1-3(2)4(5)6/h9-10H,5-8H2,1-4H3;5H,4H2,1-3H3;3H,1-2H3,(H2,5,6);3H,1-2H3,(H,5,6). The number of carboxylic acids is 1. The van der Waals surface area contributed by atoms with E-state index in [1.165, 1.54) is 25.9 Å². The normalized spacial score (nSPS) is 14.5. The van der Waals surface area contributed by atoms with Crippen LogP contribution in [0.1, 0.15) is 81.6 Å². The zero-order valence-corrected chi connectivity index (χ0v) is 22.1. The number of hydrogen-bond donors (Lipinski definition) is 2. The summed E-state index contributed by atoms with van der Waals surface area (Å²) >= 11 is 0. The van der Waals surface area contributed by atoms with Gasteiger partial charge in [-0.25, -0.2) is 0 Å². The number of carbonyl (C=O) groups excluding carboxylic acids is 2. The molecule has 0 spiro atoms. The molecule has 1 fully saturated rings. The second-order valence-electron chi connectivity index (χ2n) is 9.35. The fraction of sp³-hybridized carbons (Fsp3) is 0.875. The van der Waals surface area contributed by atoms with Crippen LogP contribution in [0, 0.1) is 17.8 Å². The molecule has 3 N–H and O–H groups in total. The highest BCUT2D eigenvalue weighted by molar-refractivity contribution is 5.79. The molecule has 0 unspecified atom stereocenters. The van der Waals surface area contributed by atoms with Crippen molar-refractivity contribution in [3.63, 3.8) is 0 Å². The molecule has 0 aromatic rings. The SMILES string of the molecule is CC(C)C(=O)O.CC(C)C(N)=O.CC(C)N1CCC(N(C)C)CC1.CCC(=O)C(C)C. The van der Waals surface area contributed by atoms with Crippen molar-refractivity contribution in [1.29, 1.82) is 0 Å². The van der Waals surface area contributed by atoms with Gasteiger partial charge in [0.05, 0.1) is 5.92 Å². The number of carboxylic acid groups (broad SMARTS) is 1. The van der Waals surface area contributed by atoms with Gasteiger partial charge in [0.25, 0.3) is 0 Å². The molecule has 1 amide bonds. The van der Waals surface area contributed by atoms with Crippen molar-refractivity contribution in [3.8, 4) is 0 Å². The highest BCUT2D eigenvalue weighted by atomic mass is 16.4. The first-order chi connectivity index (χ1) is 14.1. The molecule has 0 radical (unpaired) electrons. The van der Waals surface area contributed by atoms with Crippen LogP contribution in [-0.4, -0.2) is 71.8 Å². The molecule has 0 aromatic carbocycles. The molecule has 0 atom stereocenters. The number of primary amides is 1. The highest BCUT2D eigenvalue weighted by Crippen LogP contribution is 2.15. The lowest BCUT2D eigenvalue weighted by molar-refractivity contribution is -0.140. The van der Waals surface area contributed by atoms with Crippen LogP contribution in [0.25, 0.3) is 0 Å². The average Bonchev–Trinajstić information content (AvgIpc) is 2.68. The summed E-state index contributed by atoms with van der Waals surface area (Å²) < 4.78 is 0. The number of likely N-dealkylation sites (tertiary alicyclic amines) is 1. The highest BCUT2D eigenvalue weighted by Gasteiger charge is 2.21. The third kappa shape index (κ3) is 21.5. The third-order valence-electron chi connectivity index (χ3n) is 5.02. The first-order valence-electron chi connectivity index (χ1n) is 11.5. The number of nitrogens with zero attached hydrogens (tertiary/aromatic N) is 2. The maximum Gasteiger partial charge on any atom is 0.305 e. The van der Waals surface area contributed by atoms with Gasteiger partial charge in [-0.15, -0.1) is 0 Å². The van der Waals surface area contributed by atoms with Gasteiger partial charge in [-0.1, -0.05) is 48.5 Å². The molecule has 0 aromatic heterocycles. The molecule has 0 saturated carbocycles. The molecule has 1 heterocycles. The third-order valence-corrected chi connectivity index (χ3v) is 5.02. The second kappa shape index (κ2) is 19.2. The maximum atomic E-state index is 10.5. The zero-order chi connectivity index (χ0) is 25.3. The van der Waals surface area contributed by atoms with Gasteiger partial charge < -0.3 is 20.6 Å². The molecule has 186 valence electrons. The molecule has 1 saturated heterocycles. The van der Waals surface area contributed by atoms with Crippen molar-refractivity contribution in [1.82, 2.24) is 9.80 Å². The van der Waals surface area contributed by atoms with Gasteiger partial charge >= 0.3 is 5.97 Å². The van der Waals surface area contributed by atoms with Gasteiger partial charge in [0, 0.05) is 30.3 Å². The Bertz CT molecular complexity index is 447. The van der Waals surface area contributed by atoms with E-state index in [9.17, 15) is 14.4 Å². The van der Waals surface area contributed by atoms with Crippen LogP contribution < -0.4 is 5.73 Å². The number of piperidine rings is 1. The molecule has 1 aliphatic rings. The number of amides is 1. The first kappa shape index (κ1) is 34.2. The van der Waals surface area contributed by atoms with Crippen LogP contribution >= 0.6 is 0 Å². The summed E-state index contributed by atoms with van der Waals surface area (Å²) in [6.45, 7) is 19.7. The van der Waals surface area contributed by atoms with E-state index in [-0.39, 0.29) is 23.7 Å². The number of hydrogen-bond acceptors (Lipinski definition) is 5. The first-order valence-corrected chi connectivity index (χ1v) is 11.5. The number of nitrogens with two attached hydrogens (primary N) is 1. The van der Waals surface area contributed by atoms with Crippen LogP contribution in [0.4, 0.5) is 0 Å². The van der Waals surface area contributed by atoms with Crippen molar-refractivity contribution in [2.75, 3.05) is 27.2 Å². The van der Waals surface area contributed by atoms with E-state index in [1.807, 2.05) is 20.8 Å². The van der Waals surface area contributed by atoms with E-state index >= 15 is 0 Å². The summed E-state index contributed by atoms with van der Waals surface area (Å²) in [4.78, 5) is 35.1. The van der Waals surface area contributed by atoms with E-state index in [1.54, 1.807) is 27.7 Å². The van der Waals surface area contributed by atoms with Crippen LogP contribution in [0.5, 0.6) is 0 Å². The number of ketones is 1. The van der Waals surface area contributed by atoms with Gasteiger partial charge in [0.15, 0.2) is 0 Å². The predicted octanol–water partition coefficient (Wildman–Crippen LogP) is 3.90. The molecule has 0 bridgehead atoms. The predicted molar refractivity (Wildman–Crippen MR) is 130 cm³/mol. The van der Waals surface area contributed by atoms with Gasteiger partial charge in [-0.3, -0.25) is 14.4 Å². The Morgan fingerprint density at radius 1 is 0.903 bits per heavy atom. The average molecular weight is 446 g/mol. The Hall–Kier alpha value is -1.47. The summed E-state index contributed by atoms with van der Waals surface area (Å²) in [6, 6.07) is 1.55. The van der Waals surface area contributed by atoms with E-state index in [4.69, 9.17) is 10.8 Å². The lowest BCUT2D eigenvalue weighted by atomic mass is 10.0. The Kier molecular flexibility index (Phi) is 21.2. The van der Waals surface area contributed by atoms with Crippen molar-refractivity contribution in [2.24, 2.45) is 23.5 Å². The smallest absolute Gasteiger partial charge is 0.305 e. The number of rotatable bonds is 6. The van der Waals surface area contributed by atoms with E-state index in [2.05, 4.69) is 37.7 Å². The fourth-order valence-corrected chi connectivity index (χ4v) is 2.33. The lowest BCUT2D eigenvalue weighted by Gasteiger charge is -2.37. The van der Waals surface area contributed by atoms with Crippen molar-refractivity contribution in [2.45, 2.75) is 93.7 Å². The molecule has 0 aliphatic carbocycles. The number of Topliss-reactive ketones (excluding diaryl/α,β-unsaturated/α-hetero) is 1. The van der Waals surface area contributed by atoms with Crippen LogP contribution in [0.2, 0.25) is 0 Å². The second-order valence-corrected chi connectivity index (χ2v) is 9.35. The van der Waals surface area contributed by atoms with E-state index in [0.717, 1.165) is 12.1 Å². The molecule has 1 rings (SSSR count). The van der Waals surface area contributed by atoms with E-state index < -0.39 is 5.97 Å². The molecular weight excluding hydrogens is 394 g/mol. The Morgan fingerprint density at radius 3 is 1.39 bits per heavy atom. The van der Waals surface area contributed by atoms with Gasteiger partial charge in [-0.2, -0.15) is 0 Å². The minimum absolute atomic E-state index is 0.00926. The monoisotopic (exact) mass is 445 g/mol. The van der Waals surface area contributed by atoms with Gasteiger partial charge in [-0.05, 0) is 53.9 Å². The van der Waals surface area contributed by atoms with Crippen LogP contribution in [-0.2, 0) is 14.4 Å². The quantitative estimate of drug-likeness (QED) is 0.642. The molecule has 1 aliphatic heterocycles. The molecule has 7 nitrogen and oxygen atoms in total. The largest absolute Gasteiger partial charge is 0.481 e. The fourth-order valence-electron chi connectivity index (χ4n) is 2.33. The maximum absolute atomic E-state index is 10.5. The van der Waals surface area contributed by atoms with Gasteiger partial charge in [0.2, 0.25) is 5.91 Å². The Labute approximate surface area is 191 Å². The Morgan fingerprint density at radius 2 is 1.26 bits per heavy atom. The molecular formula is C24H51N3O4. The number of carbonyl (C=O) groups is 3. The summed E-state index contributed by atoms with van der Waals surface area (Å²) in [5.41, 5.74) is 4.80. The van der Waals surface area contributed by atoms with Crippen molar-refractivity contribution >= 4 is 17.7 Å².